The van der Waals surface area contributed by atoms with Crippen LogP contribution in [0.15, 0.2) is 11.4 Å². The smallest absolute Gasteiger partial charge is 0.258 e. The van der Waals surface area contributed by atoms with E-state index in [4.69, 9.17) is 0 Å². The van der Waals surface area contributed by atoms with Crippen molar-refractivity contribution in [3.8, 4) is 0 Å². The van der Waals surface area contributed by atoms with Crippen LogP contribution in [0.2, 0.25) is 0 Å². The van der Waals surface area contributed by atoms with E-state index in [2.05, 4.69) is 46.8 Å². The number of nitroso groups, excluding NO2 is 1. The minimum Gasteiger partial charge on any atom is -0.258 e. The number of anilines is 1. The second-order valence-corrected chi connectivity index (χ2v) is 13.4. The largest absolute Gasteiger partial charge is 0.305 e. The lowest BCUT2D eigenvalue weighted by molar-refractivity contribution is -0.393. The highest BCUT2D eigenvalue weighted by atomic mass is 16.6. The summed E-state index contributed by atoms with van der Waals surface area (Å²) in [7, 11) is 0. The van der Waals surface area contributed by atoms with E-state index in [0.29, 0.717) is 35.7 Å². The van der Waals surface area contributed by atoms with Crippen molar-refractivity contribution < 1.29 is 9.85 Å². The molecule has 2 fully saturated rings. The molecule has 3 rings (SSSR count). The van der Waals surface area contributed by atoms with Crippen molar-refractivity contribution in [3.63, 3.8) is 0 Å². The third kappa shape index (κ3) is 6.82. The number of nitro benzene ring substituents is 2. The summed E-state index contributed by atoms with van der Waals surface area (Å²) in [4.78, 5) is 36.8. The van der Waals surface area contributed by atoms with Gasteiger partial charge in [-0.2, -0.15) is 0 Å². The number of rotatable bonds is 12. The maximum atomic E-state index is 13.1. The molecule has 0 N–H and O–H groups in total. The summed E-state index contributed by atoms with van der Waals surface area (Å²) in [6.07, 6.45) is 8.02. The lowest BCUT2D eigenvalue weighted by atomic mass is 9.62. The van der Waals surface area contributed by atoms with E-state index in [1.165, 1.54) is 0 Å². The van der Waals surface area contributed by atoms with Gasteiger partial charge in [0.2, 0.25) is 5.69 Å². The van der Waals surface area contributed by atoms with Gasteiger partial charge in [-0.25, -0.2) is 5.01 Å². The van der Waals surface area contributed by atoms with Gasteiger partial charge in [0.05, 0.1) is 15.1 Å². The molecule has 2 aliphatic carbocycles. The van der Waals surface area contributed by atoms with E-state index < -0.39 is 9.85 Å². The Kier molecular flexibility index (Phi) is 11.1. The van der Waals surface area contributed by atoms with Crippen molar-refractivity contribution >= 4 is 17.1 Å². The van der Waals surface area contributed by atoms with Crippen LogP contribution in [0.5, 0.6) is 0 Å². The summed E-state index contributed by atoms with van der Waals surface area (Å²) in [6.45, 7) is 15.3. The van der Waals surface area contributed by atoms with Crippen LogP contribution in [0.3, 0.4) is 0 Å². The van der Waals surface area contributed by atoms with Gasteiger partial charge in [-0.1, -0.05) is 74.1 Å². The second-order valence-electron chi connectivity index (χ2n) is 13.4. The Balaban J connectivity index is 2.44. The topological polar surface area (TPSA) is 119 Å². The molecule has 2 saturated carbocycles. The monoisotopic (exact) mass is 558 g/mol. The first-order chi connectivity index (χ1) is 18.9. The molecule has 0 aliphatic heterocycles. The van der Waals surface area contributed by atoms with Crippen LogP contribution < -0.4 is 5.01 Å². The van der Waals surface area contributed by atoms with Gasteiger partial charge in [-0.15, -0.1) is 4.91 Å². The molecular weight excluding hydrogens is 508 g/mol. The molecular formula is C31H50N4O5. The third-order valence-corrected chi connectivity index (χ3v) is 9.85. The Hall–Kier alpha value is -2.58. The molecule has 9 nitrogen and oxygen atoms in total. The first-order valence-electron chi connectivity index (χ1n) is 15.5. The van der Waals surface area contributed by atoms with Gasteiger partial charge in [0.15, 0.2) is 0 Å². The lowest BCUT2D eigenvalue weighted by Crippen LogP contribution is -2.32. The summed E-state index contributed by atoms with van der Waals surface area (Å²) in [5, 5.41) is 29.8. The SMILES string of the molecule is CCCCCN(N=O)c1c([N+](=O)[O-])cc(C2CC(C)CCC2C(C)C)c(C2CC(C)CCC2C(C)C)c1[N+](=O)[O-]. The molecule has 6 unspecified atom stereocenters. The van der Waals surface area contributed by atoms with Crippen LogP contribution >= 0.6 is 0 Å². The Morgan fingerprint density at radius 3 is 1.93 bits per heavy atom. The molecule has 0 radical (unpaired) electrons. The fourth-order valence-electron chi connectivity index (χ4n) is 7.75. The molecule has 6 atom stereocenters. The third-order valence-electron chi connectivity index (χ3n) is 9.85. The van der Waals surface area contributed by atoms with Gasteiger partial charge in [0.25, 0.3) is 0 Å². The first-order valence-corrected chi connectivity index (χ1v) is 15.5. The molecule has 224 valence electrons. The highest BCUT2D eigenvalue weighted by Gasteiger charge is 2.46. The zero-order valence-corrected chi connectivity index (χ0v) is 25.6. The molecule has 0 amide bonds. The van der Waals surface area contributed by atoms with Crippen molar-refractivity contribution in [1.82, 2.24) is 0 Å². The van der Waals surface area contributed by atoms with Crippen LogP contribution in [0.25, 0.3) is 0 Å². The van der Waals surface area contributed by atoms with Crippen molar-refractivity contribution in [3.05, 3.63) is 42.3 Å². The van der Waals surface area contributed by atoms with Crippen LogP contribution in [0.1, 0.15) is 129 Å². The maximum absolute atomic E-state index is 13.1. The van der Waals surface area contributed by atoms with Gasteiger partial charge in [-0.3, -0.25) is 20.2 Å². The summed E-state index contributed by atoms with van der Waals surface area (Å²) < 4.78 is 0. The van der Waals surface area contributed by atoms with E-state index >= 15 is 0 Å². The van der Waals surface area contributed by atoms with Gasteiger partial charge in [0.1, 0.15) is 0 Å². The van der Waals surface area contributed by atoms with Gasteiger partial charge < -0.3 is 0 Å². The Bertz CT molecular complexity index is 1060. The number of nitro groups is 2. The highest BCUT2D eigenvalue weighted by Crippen LogP contribution is 2.56. The van der Waals surface area contributed by atoms with Gasteiger partial charge in [-0.05, 0) is 85.0 Å². The number of hydrogen-bond donors (Lipinski definition) is 0. The number of unbranched alkanes of at least 4 members (excludes halogenated alkanes) is 2. The van der Waals surface area contributed by atoms with Crippen molar-refractivity contribution in [2.75, 3.05) is 11.6 Å². The second kappa shape index (κ2) is 13.9. The molecule has 0 spiro atoms. The molecule has 0 saturated heterocycles. The normalized spacial score (nSPS) is 27.1. The summed E-state index contributed by atoms with van der Waals surface area (Å²) in [6, 6.07) is 1.62. The summed E-state index contributed by atoms with van der Waals surface area (Å²) >= 11 is 0. The molecule has 40 heavy (non-hydrogen) atoms. The molecule has 2 aliphatic rings. The fourth-order valence-corrected chi connectivity index (χ4v) is 7.75. The minimum atomic E-state index is -0.548. The van der Waals surface area contributed by atoms with Gasteiger partial charge in [0, 0.05) is 18.2 Å². The molecule has 1 aromatic rings. The molecule has 0 aromatic heterocycles. The van der Waals surface area contributed by atoms with Crippen LogP contribution in [0.4, 0.5) is 17.1 Å². The predicted molar refractivity (Wildman–Crippen MR) is 161 cm³/mol. The average Bonchev–Trinajstić information content (AvgIpc) is 2.89. The van der Waals surface area contributed by atoms with E-state index in [-0.39, 0.29) is 47.3 Å². The summed E-state index contributed by atoms with van der Waals surface area (Å²) in [5.41, 5.74) is 0.560. The molecule has 0 heterocycles. The standard InChI is InChI=1S/C31H50N4O5/c1-8-9-10-15-33(32-36)30-28(34(37)38)18-27(25-16-21(6)11-13-23(25)19(2)3)29(31(30)35(39)40)26-17-22(7)12-14-24(26)20(4)5/h18-26H,8-17H2,1-7H3. The molecule has 0 bridgehead atoms. The Morgan fingerprint density at radius 2 is 1.45 bits per heavy atom. The number of nitrogens with zero attached hydrogens (tertiary/aromatic N) is 4. The van der Waals surface area contributed by atoms with Gasteiger partial charge >= 0.3 is 11.4 Å². The summed E-state index contributed by atoms with van der Waals surface area (Å²) in [5.74, 6) is 1.86. The zero-order chi connectivity index (χ0) is 29.7. The van der Waals surface area contributed by atoms with E-state index in [1.807, 2.05) is 6.92 Å². The Labute approximate surface area is 239 Å². The van der Waals surface area contributed by atoms with Crippen molar-refractivity contribution in [2.45, 2.75) is 118 Å². The van der Waals surface area contributed by atoms with Crippen LogP contribution in [-0.4, -0.2) is 16.4 Å². The first kappa shape index (κ1) is 31.9. The number of hydrogen-bond acceptors (Lipinski definition) is 6. The predicted octanol–water partition coefficient (Wildman–Crippen LogP) is 9.53. The lowest BCUT2D eigenvalue weighted by Gasteiger charge is -2.42. The van der Waals surface area contributed by atoms with Crippen LogP contribution in [0, 0.1) is 60.6 Å². The fraction of sp³-hybridized carbons (Fsp3) is 0.806. The van der Waals surface area contributed by atoms with E-state index in [9.17, 15) is 25.1 Å². The molecule has 1 aromatic carbocycles. The minimum absolute atomic E-state index is 0.00650. The molecule has 9 heteroatoms. The zero-order valence-electron chi connectivity index (χ0n) is 25.6. The van der Waals surface area contributed by atoms with E-state index in [1.54, 1.807) is 6.07 Å². The average molecular weight is 559 g/mol. The van der Waals surface area contributed by atoms with Crippen LogP contribution in [-0.2, 0) is 0 Å². The highest BCUT2D eigenvalue weighted by molar-refractivity contribution is 5.80. The van der Waals surface area contributed by atoms with Crippen molar-refractivity contribution in [2.24, 2.45) is 40.8 Å². The maximum Gasteiger partial charge on any atom is 0.305 e. The van der Waals surface area contributed by atoms with E-state index in [0.717, 1.165) is 61.9 Å². The number of benzene rings is 1. The van der Waals surface area contributed by atoms with Crippen molar-refractivity contribution in [1.29, 1.82) is 0 Å². The quantitative estimate of drug-likeness (QED) is 0.109. The Morgan fingerprint density at radius 1 is 0.900 bits per heavy atom.